The van der Waals surface area contributed by atoms with E-state index in [-0.39, 0.29) is 0 Å². The number of anilines is 3. The van der Waals surface area contributed by atoms with Gasteiger partial charge in [0.15, 0.2) is 0 Å². The Morgan fingerprint density at radius 1 is 0.304 bits per heavy atom. The van der Waals surface area contributed by atoms with E-state index < -0.39 is 0 Å². The van der Waals surface area contributed by atoms with Crippen LogP contribution in [-0.4, -0.2) is 0 Å². The average Bonchev–Trinajstić information content (AvgIpc) is 3.65. The number of rotatable bonds is 6. The lowest BCUT2D eigenvalue weighted by molar-refractivity contribution is 1.29. The van der Waals surface area contributed by atoms with Crippen molar-refractivity contribution < 1.29 is 0 Å². The molecule has 0 amide bonds. The fraction of sp³-hybridized carbons (Fsp3) is 0. The maximum Gasteiger partial charge on any atom is 0.0546 e. The second kappa shape index (κ2) is 13.4. The summed E-state index contributed by atoms with van der Waals surface area (Å²) >= 11 is 1.87. The maximum absolute atomic E-state index is 2.44. The molecule has 11 aromatic rings. The summed E-state index contributed by atoms with van der Waals surface area (Å²) in [5, 5.41) is 10.1. The monoisotopic (exact) mass is 729 g/mol. The third-order valence-electron chi connectivity index (χ3n) is 11.2. The molecule has 56 heavy (non-hydrogen) atoms. The zero-order chi connectivity index (χ0) is 37.0. The van der Waals surface area contributed by atoms with Gasteiger partial charge in [0.2, 0.25) is 0 Å². The number of hydrogen-bond donors (Lipinski definition) is 0. The van der Waals surface area contributed by atoms with E-state index in [1.165, 1.54) is 85.9 Å². The van der Waals surface area contributed by atoms with Gasteiger partial charge in [-0.2, -0.15) is 0 Å². The minimum atomic E-state index is 1.11. The molecular formula is C54H35NS. The van der Waals surface area contributed by atoms with Crippen molar-refractivity contribution in [3.8, 4) is 33.4 Å². The van der Waals surface area contributed by atoms with Gasteiger partial charge in [-0.05, 0) is 121 Å². The summed E-state index contributed by atoms with van der Waals surface area (Å²) in [4.78, 5) is 2.44. The Labute approximate surface area is 330 Å². The number of fused-ring (bicyclic) bond motifs is 7. The molecule has 262 valence electrons. The quantitative estimate of drug-likeness (QED) is 0.165. The summed E-state index contributed by atoms with van der Waals surface area (Å²) in [5.41, 5.74) is 10.5. The normalized spacial score (nSPS) is 11.6. The van der Waals surface area contributed by atoms with Crippen LogP contribution in [0.1, 0.15) is 0 Å². The van der Waals surface area contributed by atoms with Crippen LogP contribution >= 0.6 is 11.3 Å². The number of nitrogens with zero attached hydrogens (tertiary/aromatic N) is 1. The number of hydrogen-bond acceptors (Lipinski definition) is 2. The Balaban J connectivity index is 1.12. The molecule has 0 aliphatic heterocycles. The van der Waals surface area contributed by atoms with Gasteiger partial charge in [0.1, 0.15) is 0 Å². The maximum atomic E-state index is 2.44. The van der Waals surface area contributed by atoms with Crippen LogP contribution in [0.2, 0.25) is 0 Å². The van der Waals surface area contributed by atoms with Crippen molar-refractivity contribution in [1.82, 2.24) is 0 Å². The fourth-order valence-corrected chi connectivity index (χ4v) is 9.61. The van der Waals surface area contributed by atoms with E-state index in [9.17, 15) is 0 Å². The Kier molecular flexibility index (Phi) is 7.75. The van der Waals surface area contributed by atoms with Crippen LogP contribution in [0.5, 0.6) is 0 Å². The van der Waals surface area contributed by atoms with E-state index in [1.807, 2.05) is 11.3 Å². The molecule has 0 saturated heterocycles. The lowest BCUT2D eigenvalue weighted by Crippen LogP contribution is -2.11. The van der Waals surface area contributed by atoms with Gasteiger partial charge in [0, 0.05) is 37.1 Å². The average molecular weight is 730 g/mol. The Bertz CT molecular complexity index is 3270. The zero-order valence-electron chi connectivity index (χ0n) is 30.6. The Morgan fingerprint density at radius 3 is 1.75 bits per heavy atom. The summed E-state index contributed by atoms with van der Waals surface area (Å²) in [7, 11) is 0. The van der Waals surface area contributed by atoms with E-state index in [0.717, 1.165) is 17.1 Å². The van der Waals surface area contributed by atoms with Crippen molar-refractivity contribution in [3.63, 3.8) is 0 Å². The highest BCUT2D eigenvalue weighted by Crippen LogP contribution is 2.47. The van der Waals surface area contributed by atoms with Crippen molar-refractivity contribution in [2.45, 2.75) is 0 Å². The van der Waals surface area contributed by atoms with Gasteiger partial charge < -0.3 is 4.90 Å². The van der Waals surface area contributed by atoms with E-state index in [0.29, 0.717) is 0 Å². The van der Waals surface area contributed by atoms with E-state index in [2.05, 4.69) is 217 Å². The van der Waals surface area contributed by atoms with Crippen LogP contribution < -0.4 is 4.90 Å². The molecule has 2 heteroatoms. The highest BCUT2D eigenvalue weighted by atomic mass is 32.1. The molecule has 10 aromatic carbocycles. The predicted molar refractivity (Wildman–Crippen MR) is 243 cm³/mol. The van der Waals surface area contributed by atoms with Gasteiger partial charge >= 0.3 is 0 Å². The molecular weight excluding hydrogens is 695 g/mol. The van der Waals surface area contributed by atoms with Crippen molar-refractivity contribution in [1.29, 1.82) is 0 Å². The summed E-state index contributed by atoms with van der Waals surface area (Å²) in [5.74, 6) is 0. The topological polar surface area (TPSA) is 3.24 Å². The SMILES string of the molecule is c1ccc(N(c2cccc(-c3ccc4sc5ccc6ccccc6c5c4c3)c2)c2cc3ccccc3cc2-c2ccccc2-c2ccc3ccccc3c2)cc1. The predicted octanol–water partition coefficient (Wildman–Crippen LogP) is 16.0. The van der Waals surface area contributed by atoms with Gasteiger partial charge in [-0.3, -0.25) is 0 Å². The molecule has 1 aromatic heterocycles. The molecule has 0 atom stereocenters. The Morgan fingerprint density at radius 2 is 0.911 bits per heavy atom. The lowest BCUT2D eigenvalue weighted by Gasteiger charge is -2.29. The van der Waals surface area contributed by atoms with Crippen molar-refractivity contribution in [3.05, 3.63) is 212 Å². The third kappa shape index (κ3) is 5.54. The molecule has 11 rings (SSSR count). The minimum absolute atomic E-state index is 1.11. The van der Waals surface area contributed by atoms with Crippen LogP contribution in [0.3, 0.4) is 0 Å². The van der Waals surface area contributed by atoms with Crippen LogP contribution in [0.25, 0.3) is 85.9 Å². The molecule has 0 aliphatic rings. The molecule has 0 N–H and O–H groups in total. The van der Waals surface area contributed by atoms with Crippen LogP contribution in [0, 0.1) is 0 Å². The van der Waals surface area contributed by atoms with Gasteiger partial charge in [-0.25, -0.2) is 0 Å². The molecule has 0 bridgehead atoms. The molecule has 0 radical (unpaired) electrons. The van der Waals surface area contributed by atoms with E-state index >= 15 is 0 Å². The van der Waals surface area contributed by atoms with E-state index in [4.69, 9.17) is 0 Å². The first-order chi connectivity index (χ1) is 27.7. The lowest BCUT2D eigenvalue weighted by atomic mass is 9.90. The van der Waals surface area contributed by atoms with Crippen LogP contribution in [0.15, 0.2) is 212 Å². The molecule has 1 heterocycles. The summed E-state index contributed by atoms with van der Waals surface area (Å²) in [6, 6.07) is 77.9. The second-order valence-corrected chi connectivity index (χ2v) is 15.6. The summed E-state index contributed by atoms with van der Waals surface area (Å²) < 4.78 is 2.64. The fourth-order valence-electron chi connectivity index (χ4n) is 8.51. The number of para-hydroxylation sites is 1. The molecule has 0 spiro atoms. The summed E-state index contributed by atoms with van der Waals surface area (Å²) in [6.45, 7) is 0. The smallest absolute Gasteiger partial charge is 0.0546 e. The van der Waals surface area contributed by atoms with Crippen molar-refractivity contribution >= 4 is 80.9 Å². The first-order valence-corrected chi connectivity index (χ1v) is 20.0. The standard InChI is InChI=1S/C54H35NS/c1-2-19-44(20-3-1)55(45-21-12-18-39(32-45)42-28-29-52-50(34-42)54-47-23-9-8-14-37(47)27-30-53(54)56-52)51-35-41-17-7-6-16-40(41)33-49(51)48-24-11-10-22-46(48)43-26-25-36-13-4-5-15-38(36)31-43/h1-35H. The van der Waals surface area contributed by atoms with Gasteiger partial charge in [0.25, 0.3) is 0 Å². The molecule has 0 unspecified atom stereocenters. The third-order valence-corrected chi connectivity index (χ3v) is 12.3. The zero-order valence-corrected chi connectivity index (χ0v) is 31.4. The first kappa shape index (κ1) is 32.4. The first-order valence-electron chi connectivity index (χ1n) is 19.2. The van der Waals surface area contributed by atoms with Crippen molar-refractivity contribution in [2.75, 3.05) is 4.90 Å². The largest absolute Gasteiger partial charge is 0.310 e. The summed E-state index contributed by atoms with van der Waals surface area (Å²) in [6.07, 6.45) is 0. The number of benzene rings is 10. The highest BCUT2D eigenvalue weighted by molar-refractivity contribution is 7.26. The highest BCUT2D eigenvalue weighted by Gasteiger charge is 2.21. The molecule has 1 nitrogen and oxygen atoms in total. The number of thiophene rings is 1. The van der Waals surface area contributed by atoms with Crippen LogP contribution in [0.4, 0.5) is 17.1 Å². The molecule has 0 saturated carbocycles. The molecule has 0 aliphatic carbocycles. The van der Waals surface area contributed by atoms with Crippen molar-refractivity contribution in [2.24, 2.45) is 0 Å². The van der Waals surface area contributed by atoms with Gasteiger partial charge in [-0.15, -0.1) is 11.3 Å². The van der Waals surface area contributed by atoms with Gasteiger partial charge in [0.05, 0.1) is 5.69 Å². The minimum Gasteiger partial charge on any atom is -0.310 e. The second-order valence-electron chi connectivity index (χ2n) is 14.5. The van der Waals surface area contributed by atoms with Gasteiger partial charge in [-0.1, -0.05) is 152 Å². The molecule has 0 fully saturated rings. The van der Waals surface area contributed by atoms with Crippen LogP contribution in [-0.2, 0) is 0 Å². The van der Waals surface area contributed by atoms with E-state index in [1.54, 1.807) is 0 Å². The Hall–Kier alpha value is -7.00.